The highest BCUT2D eigenvalue weighted by atomic mass is 16.4. The molecule has 1 fully saturated rings. The number of carboxylic acid groups (broad SMARTS) is 1. The number of rotatable bonds is 5. The predicted octanol–water partition coefficient (Wildman–Crippen LogP) is 0.650. The largest absolute Gasteiger partial charge is 0.481 e. The summed E-state index contributed by atoms with van der Waals surface area (Å²) in [6.07, 6.45) is 0.840. The molecule has 1 amide bonds. The van der Waals surface area contributed by atoms with Crippen molar-refractivity contribution in [3.05, 3.63) is 0 Å². The van der Waals surface area contributed by atoms with E-state index in [1.807, 2.05) is 7.05 Å². The summed E-state index contributed by atoms with van der Waals surface area (Å²) in [5, 5.41) is 8.96. The van der Waals surface area contributed by atoms with Crippen LogP contribution in [0.15, 0.2) is 0 Å². The number of aliphatic carboxylic acids is 1. The van der Waals surface area contributed by atoms with Crippen LogP contribution in [0.5, 0.6) is 0 Å². The molecule has 1 heterocycles. The quantitative estimate of drug-likeness (QED) is 0.769. The number of hydrogen-bond acceptors (Lipinski definition) is 3. The zero-order valence-electron chi connectivity index (χ0n) is 10.8. The van der Waals surface area contributed by atoms with Crippen molar-refractivity contribution < 1.29 is 14.7 Å². The zero-order chi connectivity index (χ0) is 13.0. The molecule has 98 valence electrons. The van der Waals surface area contributed by atoms with Crippen LogP contribution in [0.1, 0.15) is 26.7 Å². The molecule has 0 saturated carbocycles. The first-order valence-corrected chi connectivity index (χ1v) is 6.12. The van der Waals surface area contributed by atoms with Gasteiger partial charge in [-0.3, -0.25) is 9.59 Å². The number of piperidine rings is 1. The van der Waals surface area contributed by atoms with Gasteiger partial charge in [0.25, 0.3) is 0 Å². The molecule has 0 aromatic heterocycles. The minimum Gasteiger partial charge on any atom is -0.481 e. The van der Waals surface area contributed by atoms with Gasteiger partial charge in [-0.1, -0.05) is 0 Å². The van der Waals surface area contributed by atoms with E-state index in [9.17, 15) is 9.59 Å². The molecule has 0 radical (unpaired) electrons. The van der Waals surface area contributed by atoms with Gasteiger partial charge in [-0.15, -0.1) is 0 Å². The summed E-state index contributed by atoms with van der Waals surface area (Å²) in [5.41, 5.74) is 0. The Balaban J connectivity index is 2.45. The fourth-order valence-electron chi connectivity index (χ4n) is 1.87. The summed E-state index contributed by atoms with van der Waals surface area (Å²) in [4.78, 5) is 26.4. The first-order chi connectivity index (χ1) is 7.91. The molecule has 1 unspecified atom stereocenters. The average molecular weight is 242 g/mol. The highest BCUT2D eigenvalue weighted by molar-refractivity contribution is 5.80. The molecule has 0 spiro atoms. The lowest BCUT2D eigenvalue weighted by molar-refractivity contribution is -0.147. The third-order valence-electron chi connectivity index (χ3n) is 3.45. The maximum atomic E-state index is 11.7. The Morgan fingerprint density at radius 1 is 1.59 bits per heavy atom. The molecule has 17 heavy (non-hydrogen) atoms. The van der Waals surface area contributed by atoms with Crippen LogP contribution in [0.2, 0.25) is 0 Å². The second kappa shape index (κ2) is 6.00. The number of nitrogens with zero attached hydrogens (tertiary/aromatic N) is 2. The summed E-state index contributed by atoms with van der Waals surface area (Å²) in [7, 11) is 2.01. The molecule has 1 rings (SSSR count). The third-order valence-corrected chi connectivity index (χ3v) is 3.45. The van der Waals surface area contributed by atoms with Crippen molar-refractivity contribution in [1.82, 2.24) is 9.80 Å². The summed E-state index contributed by atoms with van der Waals surface area (Å²) < 4.78 is 0. The van der Waals surface area contributed by atoms with Crippen molar-refractivity contribution in [1.29, 1.82) is 0 Å². The van der Waals surface area contributed by atoms with Gasteiger partial charge in [0, 0.05) is 32.1 Å². The number of carboxylic acids is 1. The smallest absolute Gasteiger partial charge is 0.308 e. The fourth-order valence-corrected chi connectivity index (χ4v) is 1.87. The number of carbonyl (C=O) groups is 2. The van der Waals surface area contributed by atoms with Crippen LogP contribution in [-0.2, 0) is 9.59 Å². The van der Waals surface area contributed by atoms with Crippen LogP contribution in [0.3, 0.4) is 0 Å². The van der Waals surface area contributed by atoms with Gasteiger partial charge in [-0.25, -0.2) is 0 Å². The molecule has 0 aromatic carbocycles. The molecule has 1 N–H and O–H groups in total. The lowest BCUT2D eigenvalue weighted by Crippen LogP contribution is -2.46. The Morgan fingerprint density at radius 2 is 2.24 bits per heavy atom. The van der Waals surface area contributed by atoms with E-state index in [4.69, 9.17) is 5.11 Å². The minimum absolute atomic E-state index is 0.0830. The molecule has 5 heteroatoms. The predicted molar refractivity (Wildman–Crippen MR) is 64.7 cm³/mol. The Morgan fingerprint density at radius 3 is 2.76 bits per heavy atom. The zero-order valence-corrected chi connectivity index (χ0v) is 10.8. The monoisotopic (exact) mass is 242 g/mol. The van der Waals surface area contributed by atoms with Gasteiger partial charge in [0.15, 0.2) is 0 Å². The number of carbonyl (C=O) groups excluding carboxylic acids is 1. The van der Waals surface area contributed by atoms with E-state index in [0.717, 1.165) is 6.54 Å². The minimum atomic E-state index is -0.792. The van der Waals surface area contributed by atoms with Crippen LogP contribution in [0.25, 0.3) is 0 Å². The highest BCUT2D eigenvalue weighted by Crippen LogP contribution is 2.17. The first-order valence-electron chi connectivity index (χ1n) is 6.12. The topological polar surface area (TPSA) is 60.9 Å². The molecule has 0 aromatic rings. The van der Waals surface area contributed by atoms with Crippen molar-refractivity contribution in [3.63, 3.8) is 0 Å². The summed E-state index contributed by atoms with van der Waals surface area (Å²) in [6.45, 7) is 5.96. The highest BCUT2D eigenvalue weighted by Gasteiger charge is 2.29. The number of amides is 1. The van der Waals surface area contributed by atoms with Crippen LogP contribution in [0.4, 0.5) is 0 Å². The Labute approximate surface area is 102 Å². The van der Waals surface area contributed by atoms with E-state index in [-0.39, 0.29) is 5.91 Å². The lowest BCUT2D eigenvalue weighted by Gasteiger charge is -2.32. The van der Waals surface area contributed by atoms with E-state index in [2.05, 4.69) is 18.7 Å². The standard InChI is InChI=1S/C12H22N2O3/c1-9(2)13(3)6-7-14-8-10(12(16)17)4-5-11(14)15/h9-10H,4-8H2,1-3H3,(H,16,17). The number of likely N-dealkylation sites (tertiary alicyclic amines) is 1. The van der Waals surface area contributed by atoms with Gasteiger partial charge in [0.2, 0.25) is 5.91 Å². The van der Waals surface area contributed by atoms with Gasteiger partial charge in [-0.2, -0.15) is 0 Å². The van der Waals surface area contributed by atoms with Crippen LogP contribution in [0, 0.1) is 5.92 Å². The second-order valence-corrected chi connectivity index (χ2v) is 4.99. The van der Waals surface area contributed by atoms with E-state index in [1.165, 1.54) is 0 Å². The molecular weight excluding hydrogens is 220 g/mol. The van der Waals surface area contributed by atoms with Crippen molar-refractivity contribution in [2.24, 2.45) is 5.92 Å². The maximum Gasteiger partial charge on any atom is 0.308 e. The van der Waals surface area contributed by atoms with Crippen molar-refractivity contribution in [2.75, 3.05) is 26.7 Å². The molecule has 1 aliphatic rings. The third kappa shape index (κ3) is 4.00. The maximum absolute atomic E-state index is 11.7. The SMILES string of the molecule is CC(C)N(C)CCN1CC(C(=O)O)CCC1=O. The molecule has 1 saturated heterocycles. The summed E-state index contributed by atoms with van der Waals surface area (Å²) in [5.74, 6) is -1.10. The Kier molecular flexibility index (Phi) is 4.93. The van der Waals surface area contributed by atoms with E-state index >= 15 is 0 Å². The lowest BCUT2D eigenvalue weighted by atomic mass is 9.98. The first kappa shape index (κ1) is 14.0. The van der Waals surface area contributed by atoms with Crippen LogP contribution in [-0.4, -0.2) is 59.5 Å². The van der Waals surface area contributed by atoms with Crippen molar-refractivity contribution in [3.8, 4) is 0 Å². The van der Waals surface area contributed by atoms with Gasteiger partial charge in [-0.05, 0) is 27.3 Å². The van der Waals surface area contributed by atoms with Crippen molar-refractivity contribution in [2.45, 2.75) is 32.7 Å². The fraction of sp³-hybridized carbons (Fsp3) is 0.833. The molecular formula is C12H22N2O3. The van der Waals surface area contributed by atoms with Gasteiger partial charge in [0.05, 0.1) is 5.92 Å². The molecule has 0 aliphatic carbocycles. The number of likely N-dealkylation sites (N-methyl/N-ethyl adjacent to an activating group) is 1. The number of hydrogen-bond donors (Lipinski definition) is 1. The molecule has 0 bridgehead atoms. The second-order valence-electron chi connectivity index (χ2n) is 4.99. The average Bonchev–Trinajstić information content (AvgIpc) is 2.26. The molecule has 5 nitrogen and oxygen atoms in total. The summed E-state index contributed by atoms with van der Waals surface area (Å²) >= 11 is 0. The molecule has 1 aliphatic heterocycles. The Bertz CT molecular complexity index is 291. The molecule has 1 atom stereocenters. The van der Waals surface area contributed by atoms with Gasteiger partial charge >= 0.3 is 5.97 Å². The summed E-state index contributed by atoms with van der Waals surface area (Å²) in [6, 6.07) is 0.435. The van der Waals surface area contributed by atoms with Crippen molar-refractivity contribution >= 4 is 11.9 Å². The van der Waals surface area contributed by atoms with Crippen LogP contribution >= 0.6 is 0 Å². The Hall–Kier alpha value is -1.10. The van der Waals surface area contributed by atoms with Gasteiger partial charge in [0.1, 0.15) is 0 Å². The van der Waals surface area contributed by atoms with Gasteiger partial charge < -0.3 is 14.9 Å². The van der Waals surface area contributed by atoms with E-state index < -0.39 is 11.9 Å². The van der Waals surface area contributed by atoms with Crippen LogP contribution < -0.4 is 0 Å². The van der Waals surface area contributed by atoms with E-state index in [0.29, 0.717) is 32.0 Å². The van der Waals surface area contributed by atoms with E-state index in [1.54, 1.807) is 4.90 Å². The normalized spacial score (nSPS) is 21.4.